The first-order chi connectivity index (χ1) is 9.81. The molecule has 0 aliphatic heterocycles. The number of rotatable bonds is 9. The first-order valence-corrected chi connectivity index (χ1v) is 8.06. The SMILES string of the molecule is CCCNC(Cc1ccccn1)CC1CC(OCC)C1. The number of hydrogen-bond donors (Lipinski definition) is 1. The van der Waals surface area contributed by atoms with Crippen LogP contribution < -0.4 is 5.32 Å². The summed E-state index contributed by atoms with van der Waals surface area (Å²) in [5, 5.41) is 3.68. The van der Waals surface area contributed by atoms with Gasteiger partial charge in [-0.15, -0.1) is 0 Å². The molecule has 0 spiro atoms. The van der Waals surface area contributed by atoms with E-state index in [2.05, 4.69) is 36.3 Å². The van der Waals surface area contributed by atoms with Crippen molar-refractivity contribution in [2.24, 2.45) is 5.92 Å². The summed E-state index contributed by atoms with van der Waals surface area (Å²) in [5.41, 5.74) is 1.20. The largest absolute Gasteiger partial charge is 0.378 e. The summed E-state index contributed by atoms with van der Waals surface area (Å²) in [6.07, 6.45) is 8.36. The van der Waals surface area contributed by atoms with Crippen LogP contribution >= 0.6 is 0 Å². The lowest BCUT2D eigenvalue weighted by Crippen LogP contribution is -2.39. The van der Waals surface area contributed by atoms with Gasteiger partial charge in [-0.2, -0.15) is 0 Å². The van der Waals surface area contributed by atoms with Gasteiger partial charge in [0.15, 0.2) is 0 Å². The Morgan fingerprint density at radius 3 is 2.85 bits per heavy atom. The summed E-state index contributed by atoms with van der Waals surface area (Å²) < 4.78 is 5.66. The van der Waals surface area contributed by atoms with Gasteiger partial charge in [-0.1, -0.05) is 13.0 Å². The van der Waals surface area contributed by atoms with Crippen molar-refractivity contribution in [1.82, 2.24) is 10.3 Å². The van der Waals surface area contributed by atoms with Crippen LogP contribution in [-0.2, 0) is 11.2 Å². The van der Waals surface area contributed by atoms with Gasteiger partial charge in [0.2, 0.25) is 0 Å². The van der Waals surface area contributed by atoms with Gasteiger partial charge in [-0.05, 0) is 57.2 Å². The number of aromatic nitrogens is 1. The van der Waals surface area contributed by atoms with Crippen LogP contribution in [0.2, 0.25) is 0 Å². The van der Waals surface area contributed by atoms with Crippen molar-refractivity contribution in [1.29, 1.82) is 0 Å². The number of hydrogen-bond acceptors (Lipinski definition) is 3. The monoisotopic (exact) mass is 276 g/mol. The van der Waals surface area contributed by atoms with Gasteiger partial charge >= 0.3 is 0 Å². The Kier molecular flexibility index (Phi) is 6.48. The summed E-state index contributed by atoms with van der Waals surface area (Å²) in [6, 6.07) is 6.74. The minimum absolute atomic E-state index is 0.520. The van der Waals surface area contributed by atoms with Gasteiger partial charge in [0.25, 0.3) is 0 Å². The lowest BCUT2D eigenvalue weighted by atomic mass is 9.77. The van der Waals surface area contributed by atoms with Crippen LogP contribution in [-0.4, -0.2) is 30.3 Å². The number of pyridine rings is 1. The van der Waals surface area contributed by atoms with Crippen molar-refractivity contribution >= 4 is 0 Å². The van der Waals surface area contributed by atoms with E-state index < -0.39 is 0 Å². The van der Waals surface area contributed by atoms with Crippen LogP contribution in [0.1, 0.15) is 45.2 Å². The highest BCUT2D eigenvalue weighted by Crippen LogP contribution is 2.34. The average molecular weight is 276 g/mol. The van der Waals surface area contributed by atoms with Gasteiger partial charge in [0.05, 0.1) is 6.10 Å². The molecular weight excluding hydrogens is 248 g/mol. The van der Waals surface area contributed by atoms with E-state index in [1.165, 1.54) is 31.4 Å². The quantitative estimate of drug-likeness (QED) is 0.752. The van der Waals surface area contributed by atoms with Gasteiger partial charge in [0, 0.05) is 31.0 Å². The Morgan fingerprint density at radius 1 is 1.35 bits per heavy atom. The molecule has 1 N–H and O–H groups in total. The molecule has 1 saturated carbocycles. The van der Waals surface area contributed by atoms with Gasteiger partial charge in [-0.3, -0.25) is 4.98 Å². The van der Waals surface area contributed by atoms with Crippen molar-refractivity contribution in [3.05, 3.63) is 30.1 Å². The zero-order chi connectivity index (χ0) is 14.2. The van der Waals surface area contributed by atoms with Gasteiger partial charge in [0.1, 0.15) is 0 Å². The summed E-state index contributed by atoms with van der Waals surface area (Å²) in [5.74, 6) is 0.824. The van der Waals surface area contributed by atoms with Crippen LogP contribution in [0.5, 0.6) is 0 Å². The maximum absolute atomic E-state index is 5.66. The van der Waals surface area contributed by atoms with Crippen LogP contribution in [0.15, 0.2) is 24.4 Å². The molecular formula is C17H28N2O. The van der Waals surface area contributed by atoms with E-state index in [0.29, 0.717) is 12.1 Å². The Balaban J connectivity index is 1.79. The van der Waals surface area contributed by atoms with Crippen LogP contribution in [0.3, 0.4) is 0 Å². The maximum Gasteiger partial charge on any atom is 0.0580 e. The minimum atomic E-state index is 0.520. The molecule has 1 aliphatic carbocycles. The highest BCUT2D eigenvalue weighted by Gasteiger charge is 2.31. The molecule has 20 heavy (non-hydrogen) atoms. The summed E-state index contributed by atoms with van der Waals surface area (Å²) in [6.45, 7) is 6.25. The van der Waals surface area contributed by atoms with Crippen molar-refractivity contribution in [2.45, 2.75) is 58.1 Å². The molecule has 1 aromatic heterocycles. The molecule has 1 atom stereocenters. The number of nitrogens with zero attached hydrogens (tertiary/aromatic N) is 1. The molecule has 1 aliphatic rings. The smallest absolute Gasteiger partial charge is 0.0580 e. The standard InChI is InChI=1S/C17H28N2O/c1-3-8-18-16(13-15-7-5-6-9-19-15)10-14-11-17(12-14)20-4-2/h5-7,9,14,16-18H,3-4,8,10-13H2,1-2H3. The van der Waals surface area contributed by atoms with E-state index in [0.717, 1.165) is 25.5 Å². The van der Waals surface area contributed by atoms with Crippen molar-refractivity contribution in [2.75, 3.05) is 13.2 Å². The number of nitrogens with one attached hydrogen (secondary N) is 1. The summed E-state index contributed by atoms with van der Waals surface area (Å²) >= 11 is 0. The predicted molar refractivity (Wildman–Crippen MR) is 82.8 cm³/mol. The summed E-state index contributed by atoms with van der Waals surface area (Å²) in [7, 11) is 0. The van der Waals surface area contributed by atoms with Gasteiger partial charge < -0.3 is 10.1 Å². The third kappa shape index (κ3) is 4.88. The fourth-order valence-corrected chi connectivity index (χ4v) is 3.00. The lowest BCUT2D eigenvalue weighted by Gasteiger charge is -2.37. The highest BCUT2D eigenvalue weighted by atomic mass is 16.5. The third-order valence-electron chi connectivity index (χ3n) is 4.08. The first kappa shape index (κ1) is 15.5. The minimum Gasteiger partial charge on any atom is -0.378 e. The molecule has 1 fully saturated rings. The molecule has 1 heterocycles. The normalized spacial score (nSPS) is 23.3. The fourth-order valence-electron chi connectivity index (χ4n) is 3.00. The van der Waals surface area contributed by atoms with E-state index in [1.54, 1.807) is 0 Å². The second kappa shape index (κ2) is 8.38. The van der Waals surface area contributed by atoms with E-state index >= 15 is 0 Å². The molecule has 112 valence electrons. The highest BCUT2D eigenvalue weighted by molar-refractivity contribution is 5.05. The van der Waals surface area contributed by atoms with Crippen LogP contribution in [0.4, 0.5) is 0 Å². The lowest BCUT2D eigenvalue weighted by molar-refractivity contribution is -0.0290. The van der Waals surface area contributed by atoms with Crippen molar-refractivity contribution < 1.29 is 4.74 Å². The van der Waals surface area contributed by atoms with Crippen molar-refractivity contribution in [3.63, 3.8) is 0 Å². The van der Waals surface area contributed by atoms with E-state index in [-0.39, 0.29) is 0 Å². The van der Waals surface area contributed by atoms with E-state index in [4.69, 9.17) is 4.74 Å². The second-order valence-electron chi connectivity index (χ2n) is 5.83. The molecule has 0 bridgehead atoms. The third-order valence-corrected chi connectivity index (χ3v) is 4.08. The molecule has 3 nitrogen and oxygen atoms in total. The topological polar surface area (TPSA) is 34.2 Å². The Labute approximate surface area is 123 Å². The Bertz CT molecular complexity index is 363. The zero-order valence-corrected chi connectivity index (χ0v) is 12.8. The molecule has 0 amide bonds. The molecule has 3 heteroatoms. The van der Waals surface area contributed by atoms with Crippen LogP contribution in [0.25, 0.3) is 0 Å². The van der Waals surface area contributed by atoms with Crippen LogP contribution in [0, 0.1) is 5.92 Å². The maximum atomic E-state index is 5.66. The van der Waals surface area contributed by atoms with E-state index in [9.17, 15) is 0 Å². The molecule has 1 aromatic rings. The fraction of sp³-hybridized carbons (Fsp3) is 0.706. The zero-order valence-electron chi connectivity index (χ0n) is 12.8. The summed E-state index contributed by atoms with van der Waals surface area (Å²) in [4.78, 5) is 4.46. The molecule has 1 unspecified atom stereocenters. The average Bonchev–Trinajstić information content (AvgIpc) is 2.43. The second-order valence-corrected chi connectivity index (χ2v) is 5.83. The Morgan fingerprint density at radius 2 is 2.20 bits per heavy atom. The first-order valence-electron chi connectivity index (χ1n) is 8.06. The van der Waals surface area contributed by atoms with Crippen molar-refractivity contribution in [3.8, 4) is 0 Å². The van der Waals surface area contributed by atoms with E-state index in [1.807, 2.05) is 12.3 Å². The predicted octanol–water partition coefficient (Wildman–Crippen LogP) is 3.20. The molecule has 2 rings (SSSR count). The molecule has 0 radical (unpaired) electrons. The number of ether oxygens (including phenoxy) is 1. The van der Waals surface area contributed by atoms with Gasteiger partial charge in [-0.25, -0.2) is 0 Å². The molecule has 0 saturated heterocycles. The molecule has 0 aromatic carbocycles. The Hall–Kier alpha value is -0.930.